The molecule has 4 rings (SSSR count). The average molecular weight is 362 g/mol. The second-order valence-electron chi connectivity index (χ2n) is 6.68. The van der Waals surface area contributed by atoms with Crippen LogP contribution in [0.4, 0.5) is 5.82 Å². The maximum absolute atomic E-state index is 12.7. The van der Waals surface area contributed by atoms with E-state index in [1.807, 2.05) is 47.4 Å². The van der Waals surface area contributed by atoms with Gasteiger partial charge in [-0.3, -0.25) is 4.79 Å². The normalized spacial score (nSPS) is 15.7. The van der Waals surface area contributed by atoms with Gasteiger partial charge in [-0.05, 0) is 24.1 Å². The number of fused-ring (bicyclic) bond motifs is 1. The molecule has 0 radical (unpaired) electrons. The highest BCUT2D eigenvalue weighted by molar-refractivity contribution is 5.87. The number of carbonyl (C=O) groups is 1. The smallest absolute Gasteiger partial charge is 0.239 e. The fraction of sp³-hybridized carbons (Fsp3) is 0.300. The van der Waals surface area contributed by atoms with Gasteiger partial charge in [0.15, 0.2) is 5.65 Å². The molecule has 2 N–H and O–H groups in total. The van der Waals surface area contributed by atoms with Crippen molar-refractivity contribution in [3.63, 3.8) is 0 Å². The zero-order chi connectivity index (χ0) is 18.6. The zero-order valence-corrected chi connectivity index (χ0v) is 15.0. The van der Waals surface area contributed by atoms with E-state index in [0.29, 0.717) is 38.2 Å². The van der Waals surface area contributed by atoms with Gasteiger partial charge in [-0.15, -0.1) is 0 Å². The quantitative estimate of drug-likeness (QED) is 0.751. The lowest BCUT2D eigenvalue weighted by atomic mass is 10.1. The predicted octanol–water partition coefficient (Wildman–Crippen LogP) is 1.24. The molecule has 3 heterocycles. The molecule has 0 aliphatic carbocycles. The molecule has 27 heavy (non-hydrogen) atoms. The van der Waals surface area contributed by atoms with Crippen molar-refractivity contribution in [3.8, 4) is 0 Å². The van der Waals surface area contributed by atoms with Gasteiger partial charge < -0.3 is 15.5 Å². The molecular formula is C20H22N6O. The number of rotatable bonds is 4. The number of hydrogen-bond donors (Lipinski definition) is 1. The summed E-state index contributed by atoms with van der Waals surface area (Å²) in [7, 11) is 0. The van der Waals surface area contributed by atoms with Crippen LogP contribution in [0.1, 0.15) is 5.56 Å². The van der Waals surface area contributed by atoms with Gasteiger partial charge >= 0.3 is 0 Å². The minimum atomic E-state index is -0.511. The van der Waals surface area contributed by atoms with Crippen molar-refractivity contribution in [2.45, 2.75) is 12.5 Å². The molecule has 1 aliphatic rings. The van der Waals surface area contributed by atoms with Crippen LogP contribution in [0.3, 0.4) is 0 Å². The molecule has 7 heteroatoms. The largest absolute Gasteiger partial charge is 0.352 e. The van der Waals surface area contributed by atoms with Gasteiger partial charge in [-0.1, -0.05) is 30.3 Å². The van der Waals surface area contributed by atoms with E-state index in [-0.39, 0.29) is 5.91 Å². The number of hydrogen-bond acceptors (Lipinski definition) is 6. The molecule has 1 atom stereocenters. The minimum absolute atomic E-state index is 0.00714. The summed E-state index contributed by atoms with van der Waals surface area (Å²) >= 11 is 0. The van der Waals surface area contributed by atoms with Crippen molar-refractivity contribution in [2.75, 3.05) is 31.1 Å². The Morgan fingerprint density at radius 2 is 1.78 bits per heavy atom. The van der Waals surface area contributed by atoms with E-state index in [2.05, 4.69) is 19.9 Å². The highest BCUT2D eigenvalue weighted by Crippen LogP contribution is 2.22. The summed E-state index contributed by atoms with van der Waals surface area (Å²) in [6, 6.07) is 13.2. The summed E-state index contributed by atoms with van der Waals surface area (Å²) in [5.41, 5.74) is 7.93. The summed E-state index contributed by atoms with van der Waals surface area (Å²) in [6.07, 6.45) is 3.82. The van der Waals surface area contributed by atoms with Crippen LogP contribution in [-0.4, -0.2) is 58.0 Å². The number of amides is 1. The Labute approximate surface area is 157 Å². The van der Waals surface area contributed by atoms with E-state index in [4.69, 9.17) is 5.73 Å². The van der Waals surface area contributed by atoms with Crippen molar-refractivity contribution >= 4 is 22.8 Å². The van der Waals surface area contributed by atoms with Crippen LogP contribution >= 0.6 is 0 Å². The maximum atomic E-state index is 12.7. The first-order valence-electron chi connectivity index (χ1n) is 9.11. The predicted molar refractivity (Wildman–Crippen MR) is 104 cm³/mol. The Kier molecular flexibility index (Phi) is 4.93. The summed E-state index contributed by atoms with van der Waals surface area (Å²) in [4.78, 5) is 29.7. The Balaban J connectivity index is 1.40. The maximum Gasteiger partial charge on any atom is 0.239 e. The van der Waals surface area contributed by atoms with Crippen molar-refractivity contribution in [1.82, 2.24) is 19.9 Å². The average Bonchev–Trinajstić information content (AvgIpc) is 2.73. The van der Waals surface area contributed by atoms with Crippen molar-refractivity contribution in [2.24, 2.45) is 5.73 Å². The Morgan fingerprint density at radius 3 is 2.56 bits per heavy atom. The monoisotopic (exact) mass is 362 g/mol. The third-order valence-corrected chi connectivity index (χ3v) is 4.89. The molecule has 0 saturated carbocycles. The first-order valence-corrected chi connectivity index (χ1v) is 9.11. The van der Waals surface area contributed by atoms with E-state index >= 15 is 0 Å². The molecule has 0 bridgehead atoms. The number of benzene rings is 1. The number of nitrogens with zero attached hydrogens (tertiary/aromatic N) is 5. The fourth-order valence-electron chi connectivity index (χ4n) is 3.46. The number of pyridine rings is 1. The number of carbonyl (C=O) groups excluding carboxylic acids is 1. The van der Waals surface area contributed by atoms with E-state index in [0.717, 1.165) is 16.8 Å². The van der Waals surface area contributed by atoms with Gasteiger partial charge in [0.1, 0.15) is 12.1 Å². The van der Waals surface area contributed by atoms with Crippen LogP contribution < -0.4 is 10.6 Å². The molecule has 1 amide bonds. The van der Waals surface area contributed by atoms with Crippen LogP contribution in [-0.2, 0) is 11.2 Å². The van der Waals surface area contributed by atoms with E-state index in [9.17, 15) is 4.79 Å². The number of piperazine rings is 1. The molecule has 1 aliphatic heterocycles. The molecule has 1 fully saturated rings. The number of nitrogens with two attached hydrogens (primary N) is 1. The van der Waals surface area contributed by atoms with Crippen molar-refractivity contribution in [3.05, 3.63) is 60.6 Å². The van der Waals surface area contributed by atoms with Crippen LogP contribution in [0, 0.1) is 0 Å². The van der Waals surface area contributed by atoms with Gasteiger partial charge in [0.2, 0.25) is 5.91 Å². The van der Waals surface area contributed by atoms with Gasteiger partial charge in [-0.25, -0.2) is 15.0 Å². The molecule has 7 nitrogen and oxygen atoms in total. The third kappa shape index (κ3) is 3.73. The molecule has 1 saturated heterocycles. The fourth-order valence-corrected chi connectivity index (χ4v) is 3.46. The van der Waals surface area contributed by atoms with Crippen LogP contribution in [0.25, 0.3) is 11.0 Å². The lowest BCUT2D eigenvalue weighted by Gasteiger charge is -2.36. The van der Waals surface area contributed by atoms with E-state index in [1.54, 1.807) is 6.20 Å². The summed E-state index contributed by atoms with van der Waals surface area (Å²) in [6.45, 7) is 2.69. The molecule has 1 aromatic carbocycles. The SMILES string of the molecule is N[C@H](Cc1ccccc1)C(=O)N1CCN(c2ncnc3ncccc23)CC1. The Hall–Kier alpha value is -3.06. The highest BCUT2D eigenvalue weighted by atomic mass is 16.2. The van der Waals surface area contributed by atoms with Gasteiger partial charge in [-0.2, -0.15) is 0 Å². The highest BCUT2D eigenvalue weighted by Gasteiger charge is 2.26. The molecule has 0 unspecified atom stereocenters. The molecule has 0 spiro atoms. The number of aromatic nitrogens is 3. The van der Waals surface area contributed by atoms with Crippen LogP contribution in [0.2, 0.25) is 0 Å². The topological polar surface area (TPSA) is 88.2 Å². The van der Waals surface area contributed by atoms with Crippen molar-refractivity contribution in [1.29, 1.82) is 0 Å². The van der Waals surface area contributed by atoms with E-state index < -0.39 is 6.04 Å². The van der Waals surface area contributed by atoms with Crippen molar-refractivity contribution < 1.29 is 4.79 Å². The lowest BCUT2D eigenvalue weighted by molar-refractivity contribution is -0.132. The Bertz CT molecular complexity index is 919. The summed E-state index contributed by atoms with van der Waals surface area (Å²) < 4.78 is 0. The molecule has 3 aromatic rings. The second-order valence-corrected chi connectivity index (χ2v) is 6.68. The minimum Gasteiger partial charge on any atom is -0.352 e. The van der Waals surface area contributed by atoms with E-state index in [1.165, 1.54) is 6.33 Å². The summed E-state index contributed by atoms with van der Waals surface area (Å²) in [5.74, 6) is 0.876. The standard InChI is InChI=1S/C20H22N6O/c21-17(13-15-5-2-1-3-6-15)20(27)26-11-9-25(10-12-26)19-16-7-4-8-22-18(16)23-14-24-19/h1-8,14,17H,9-13,21H2/t17-/m1/s1. The molecule has 2 aromatic heterocycles. The lowest BCUT2D eigenvalue weighted by Crippen LogP contribution is -2.53. The summed E-state index contributed by atoms with van der Waals surface area (Å²) in [5, 5.41) is 0.931. The van der Waals surface area contributed by atoms with Gasteiger partial charge in [0.25, 0.3) is 0 Å². The first kappa shape index (κ1) is 17.4. The van der Waals surface area contributed by atoms with Gasteiger partial charge in [0.05, 0.1) is 11.4 Å². The van der Waals surface area contributed by atoms with Crippen LogP contribution in [0.15, 0.2) is 55.0 Å². The zero-order valence-electron chi connectivity index (χ0n) is 15.0. The van der Waals surface area contributed by atoms with Crippen LogP contribution in [0.5, 0.6) is 0 Å². The molecular weight excluding hydrogens is 340 g/mol. The Morgan fingerprint density at radius 1 is 1.00 bits per heavy atom. The number of anilines is 1. The molecule has 138 valence electrons. The second kappa shape index (κ2) is 7.67. The van der Waals surface area contributed by atoms with Gasteiger partial charge in [0, 0.05) is 32.4 Å². The third-order valence-electron chi connectivity index (χ3n) is 4.89. The first-order chi connectivity index (χ1) is 13.2.